The number of guanidine groups is 1. The van der Waals surface area contributed by atoms with Gasteiger partial charge >= 0.3 is 0 Å². The first-order valence-corrected chi connectivity index (χ1v) is 10.7. The third-order valence-electron chi connectivity index (χ3n) is 5.96. The maximum Gasteiger partial charge on any atom is 0.206 e. The largest absolute Gasteiger partial charge is 0.342 e. The molecule has 1 aromatic carbocycles. The highest BCUT2D eigenvalue weighted by molar-refractivity contribution is 6.30. The number of hydrogen-bond donors (Lipinski definition) is 0. The number of nitrogens with zero attached hydrogens (tertiary/aromatic N) is 4. The second kappa shape index (κ2) is 8.49. The third kappa shape index (κ3) is 4.05. The fourth-order valence-corrected chi connectivity index (χ4v) is 4.43. The Morgan fingerprint density at radius 2 is 1.97 bits per heavy atom. The summed E-state index contributed by atoms with van der Waals surface area (Å²) in [7, 11) is 2.03. The first kappa shape index (κ1) is 20.4. The van der Waals surface area contributed by atoms with Crippen LogP contribution in [-0.2, 0) is 0 Å². The highest BCUT2D eigenvalue weighted by atomic mass is 35.5. The van der Waals surface area contributed by atoms with Crippen LogP contribution >= 0.6 is 11.6 Å². The minimum Gasteiger partial charge on any atom is -0.342 e. The van der Waals surface area contributed by atoms with Crippen molar-refractivity contribution in [2.75, 3.05) is 20.1 Å². The van der Waals surface area contributed by atoms with Crippen LogP contribution in [0.3, 0.4) is 0 Å². The summed E-state index contributed by atoms with van der Waals surface area (Å²) in [6, 6.07) is 10.0. The Morgan fingerprint density at radius 1 is 1.20 bits per heavy atom. The zero-order valence-electron chi connectivity index (χ0n) is 17.6. The number of allylic oxidation sites excluding steroid dienone is 1. The lowest BCUT2D eigenvalue weighted by molar-refractivity contribution is 0.275. The summed E-state index contributed by atoms with van der Waals surface area (Å²) in [5.41, 5.74) is 6.45. The number of likely N-dealkylation sites (tertiary alicyclic amines) is 1. The van der Waals surface area contributed by atoms with Gasteiger partial charge in [-0.15, -0.1) is 0 Å². The molecule has 1 atom stereocenters. The van der Waals surface area contributed by atoms with Gasteiger partial charge in [0.15, 0.2) is 0 Å². The standard InChI is InChI=1S/C25H27ClN4/c1-17-14-22(26)7-8-23(17)19(3)21-6-5-13-30(16-21)25-28-24(15-18(2)29(25)4)20-9-11-27-12-10-20/h7-12,14-15,21H,2-3,5-6,13,16H2,1,4H3. The van der Waals surface area contributed by atoms with Crippen molar-refractivity contribution in [1.82, 2.24) is 14.8 Å². The molecule has 1 saturated heterocycles. The van der Waals surface area contributed by atoms with Gasteiger partial charge in [0.1, 0.15) is 0 Å². The minimum absolute atomic E-state index is 0.373. The Labute approximate surface area is 183 Å². The van der Waals surface area contributed by atoms with Crippen LogP contribution in [0, 0.1) is 12.8 Å². The summed E-state index contributed by atoms with van der Waals surface area (Å²) in [4.78, 5) is 13.6. The van der Waals surface area contributed by atoms with Crippen LogP contribution in [0.25, 0.3) is 11.3 Å². The molecule has 1 aromatic heterocycles. The molecule has 0 aliphatic carbocycles. The molecule has 0 saturated carbocycles. The Morgan fingerprint density at radius 3 is 2.70 bits per heavy atom. The Hall–Kier alpha value is -2.85. The predicted octanol–water partition coefficient (Wildman–Crippen LogP) is 5.62. The number of likely N-dealkylation sites (N-methyl/N-ethyl adjacent to an activating group) is 1. The van der Waals surface area contributed by atoms with Crippen LogP contribution in [0.15, 0.2) is 72.6 Å². The van der Waals surface area contributed by atoms with E-state index in [1.54, 1.807) is 12.4 Å². The van der Waals surface area contributed by atoms with Crippen LogP contribution in [0.1, 0.15) is 29.5 Å². The normalized spacial score (nSPS) is 19.4. The Bertz CT molecular complexity index is 1040. The van der Waals surface area contributed by atoms with E-state index in [2.05, 4.69) is 40.9 Å². The van der Waals surface area contributed by atoms with E-state index in [0.29, 0.717) is 5.92 Å². The number of halogens is 1. The molecule has 30 heavy (non-hydrogen) atoms. The molecule has 0 N–H and O–H groups in total. The van der Waals surface area contributed by atoms with Crippen molar-refractivity contribution < 1.29 is 0 Å². The van der Waals surface area contributed by atoms with E-state index < -0.39 is 0 Å². The molecule has 0 spiro atoms. The average Bonchev–Trinajstić information content (AvgIpc) is 2.76. The monoisotopic (exact) mass is 418 g/mol. The maximum absolute atomic E-state index is 6.15. The number of aryl methyl sites for hydroxylation is 1. The van der Waals surface area contributed by atoms with Gasteiger partial charge in [-0.25, -0.2) is 4.99 Å². The Kier molecular flexibility index (Phi) is 5.78. The SMILES string of the molecule is C=C(c1ccc(Cl)cc1C)C1CCCN(C2=NC(c3ccncc3)=CC(=C)N2C)C1. The van der Waals surface area contributed by atoms with Crippen LogP contribution in [0.5, 0.6) is 0 Å². The van der Waals surface area contributed by atoms with Crippen molar-refractivity contribution in [3.63, 3.8) is 0 Å². The smallest absolute Gasteiger partial charge is 0.206 e. The van der Waals surface area contributed by atoms with Crippen LogP contribution in [-0.4, -0.2) is 40.9 Å². The van der Waals surface area contributed by atoms with Crippen molar-refractivity contribution in [3.05, 3.63) is 89.4 Å². The second-order valence-corrected chi connectivity index (χ2v) is 8.43. The highest BCUT2D eigenvalue weighted by Gasteiger charge is 2.29. The number of aliphatic imine (C=N–C) groups is 1. The van der Waals surface area contributed by atoms with Crippen molar-refractivity contribution in [2.24, 2.45) is 10.9 Å². The molecule has 154 valence electrons. The number of rotatable bonds is 3. The molecular weight excluding hydrogens is 392 g/mol. The van der Waals surface area contributed by atoms with Crippen LogP contribution in [0.2, 0.25) is 5.02 Å². The van der Waals surface area contributed by atoms with Gasteiger partial charge in [-0.2, -0.15) is 0 Å². The summed E-state index contributed by atoms with van der Waals surface area (Å²) in [5, 5.41) is 0.765. The predicted molar refractivity (Wildman–Crippen MR) is 126 cm³/mol. The van der Waals surface area contributed by atoms with Crippen molar-refractivity contribution in [1.29, 1.82) is 0 Å². The Balaban J connectivity index is 1.59. The second-order valence-electron chi connectivity index (χ2n) is 8.00. The number of benzene rings is 1. The molecule has 4 rings (SSSR count). The summed E-state index contributed by atoms with van der Waals surface area (Å²) in [6.45, 7) is 12.7. The molecule has 5 heteroatoms. The average molecular weight is 419 g/mol. The van der Waals surface area contributed by atoms with Gasteiger partial charge in [0.05, 0.1) is 5.70 Å². The van der Waals surface area contributed by atoms with Gasteiger partial charge in [-0.3, -0.25) is 4.98 Å². The molecule has 4 nitrogen and oxygen atoms in total. The number of aromatic nitrogens is 1. The molecule has 3 heterocycles. The molecule has 1 unspecified atom stereocenters. The van der Waals surface area contributed by atoms with Gasteiger partial charge < -0.3 is 9.80 Å². The zero-order valence-corrected chi connectivity index (χ0v) is 18.4. The van der Waals surface area contributed by atoms with Gasteiger partial charge in [0.25, 0.3) is 0 Å². The quantitative estimate of drug-likeness (QED) is 0.647. The molecule has 1 fully saturated rings. The van der Waals surface area contributed by atoms with Gasteiger partial charge in [0, 0.05) is 54.7 Å². The zero-order chi connectivity index (χ0) is 21.3. The van der Waals surface area contributed by atoms with Crippen LogP contribution in [0.4, 0.5) is 0 Å². The molecule has 2 aromatic rings. The van der Waals surface area contributed by atoms with E-state index in [9.17, 15) is 0 Å². The molecule has 2 aliphatic rings. The van der Waals surface area contributed by atoms with Gasteiger partial charge in [-0.1, -0.05) is 30.8 Å². The fraction of sp³-hybridized carbons (Fsp3) is 0.280. The summed E-state index contributed by atoms with van der Waals surface area (Å²) in [5.74, 6) is 1.32. The topological polar surface area (TPSA) is 31.7 Å². The van der Waals surface area contributed by atoms with Gasteiger partial charge in [0.2, 0.25) is 5.96 Å². The molecular formula is C25H27ClN4. The first-order chi connectivity index (χ1) is 14.4. The molecule has 2 aliphatic heterocycles. The summed E-state index contributed by atoms with van der Waals surface area (Å²) < 4.78 is 0. The fourth-order valence-electron chi connectivity index (χ4n) is 4.20. The molecule has 0 radical (unpaired) electrons. The lowest BCUT2D eigenvalue weighted by atomic mass is 9.85. The summed E-state index contributed by atoms with van der Waals surface area (Å²) >= 11 is 6.15. The highest BCUT2D eigenvalue weighted by Crippen LogP contribution is 2.34. The van der Waals surface area contributed by atoms with E-state index in [-0.39, 0.29) is 0 Å². The first-order valence-electron chi connectivity index (χ1n) is 10.3. The maximum atomic E-state index is 6.15. The lowest BCUT2D eigenvalue weighted by Gasteiger charge is -2.40. The van der Waals surface area contributed by atoms with E-state index in [1.165, 1.54) is 16.7 Å². The van der Waals surface area contributed by atoms with Crippen molar-refractivity contribution in [2.45, 2.75) is 19.8 Å². The van der Waals surface area contributed by atoms with E-state index >= 15 is 0 Å². The molecule has 0 amide bonds. The number of hydrogen-bond acceptors (Lipinski definition) is 4. The van der Waals surface area contributed by atoms with Gasteiger partial charge in [-0.05, 0) is 66.8 Å². The van der Waals surface area contributed by atoms with Crippen LogP contribution < -0.4 is 0 Å². The van der Waals surface area contributed by atoms with E-state index in [1.807, 2.05) is 37.4 Å². The summed E-state index contributed by atoms with van der Waals surface area (Å²) in [6.07, 6.45) is 7.84. The third-order valence-corrected chi connectivity index (χ3v) is 6.20. The number of pyridine rings is 1. The molecule has 0 bridgehead atoms. The van der Waals surface area contributed by atoms with Crippen molar-refractivity contribution in [3.8, 4) is 0 Å². The minimum atomic E-state index is 0.373. The lowest BCUT2D eigenvalue weighted by Crippen LogP contribution is -2.47. The number of piperidine rings is 1. The van der Waals surface area contributed by atoms with E-state index in [4.69, 9.17) is 16.6 Å². The van der Waals surface area contributed by atoms with Crippen molar-refractivity contribution >= 4 is 28.8 Å². The van der Waals surface area contributed by atoms with E-state index in [0.717, 1.165) is 53.9 Å².